The quantitative estimate of drug-likeness (QED) is 0.487. The molecule has 4 rings (SSSR count). The van der Waals surface area contributed by atoms with Gasteiger partial charge in [-0.2, -0.15) is 0 Å². The van der Waals surface area contributed by atoms with Gasteiger partial charge in [-0.1, -0.05) is 48.5 Å². The molecule has 0 radical (unpaired) electrons. The molecule has 0 saturated carbocycles. The minimum Gasteiger partial charge on any atom is -0.292 e. The second-order valence-corrected chi connectivity index (χ2v) is 7.54. The predicted octanol–water partition coefficient (Wildman–Crippen LogP) is 4.92. The van der Waals surface area contributed by atoms with E-state index in [0.29, 0.717) is 4.77 Å². The number of aromatic amines is 1. The van der Waals surface area contributed by atoms with Gasteiger partial charge in [0, 0.05) is 17.3 Å². The molecule has 8 heteroatoms. The van der Waals surface area contributed by atoms with E-state index in [-0.39, 0.29) is 6.04 Å². The first-order valence-corrected chi connectivity index (χ1v) is 9.78. The lowest BCUT2D eigenvalue weighted by Gasteiger charge is -2.12. The maximum Gasteiger partial charge on any atom is 0.203 e. The van der Waals surface area contributed by atoms with Crippen molar-refractivity contribution in [3.05, 3.63) is 65.4 Å². The predicted molar refractivity (Wildman–Crippen MR) is 109 cm³/mol. The normalized spacial score (nSPS) is 11.2. The van der Waals surface area contributed by atoms with Gasteiger partial charge in [-0.3, -0.25) is 14.2 Å². The van der Waals surface area contributed by atoms with Crippen molar-refractivity contribution in [3.8, 4) is 17.1 Å². The molecule has 2 aromatic heterocycles. The Bertz CT molecular complexity index is 1100. The van der Waals surface area contributed by atoms with Crippen molar-refractivity contribution in [1.29, 1.82) is 0 Å². The third-order valence-electron chi connectivity index (χ3n) is 4.05. The maximum atomic E-state index is 5.36. The summed E-state index contributed by atoms with van der Waals surface area (Å²) in [6.45, 7) is 4.15. The van der Waals surface area contributed by atoms with E-state index in [9.17, 15) is 0 Å². The topological polar surface area (TPSA) is 64.3 Å². The Balaban J connectivity index is 1.85. The number of H-pyrrole nitrogens is 1. The van der Waals surface area contributed by atoms with E-state index in [1.807, 2.05) is 69.8 Å². The van der Waals surface area contributed by atoms with E-state index in [1.165, 1.54) is 11.8 Å². The number of para-hydroxylation sites is 1. The number of benzene rings is 2. The van der Waals surface area contributed by atoms with Gasteiger partial charge in [0.25, 0.3) is 0 Å². The number of nitrogens with zero attached hydrogens (tertiary/aromatic N) is 5. The molecule has 0 spiro atoms. The SMILES string of the molecule is CC(C)n1c(Sc2nnc(-c3ccccc3)n2-c2ccccc2)n[nH]c1=S. The molecule has 0 aliphatic rings. The van der Waals surface area contributed by atoms with Crippen LogP contribution in [-0.2, 0) is 0 Å². The Hall–Kier alpha value is -2.71. The second-order valence-electron chi connectivity index (χ2n) is 6.22. The average Bonchev–Trinajstić information content (AvgIpc) is 3.27. The number of rotatable bonds is 5. The van der Waals surface area contributed by atoms with Crippen LogP contribution >= 0.6 is 24.0 Å². The fourth-order valence-corrected chi connectivity index (χ4v) is 4.24. The molecule has 0 atom stereocenters. The lowest BCUT2D eigenvalue weighted by Crippen LogP contribution is -2.04. The molecule has 1 N–H and O–H groups in total. The van der Waals surface area contributed by atoms with Crippen molar-refractivity contribution < 1.29 is 0 Å². The van der Waals surface area contributed by atoms with Gasteiger partial charge in [0.05, 0.1) is 0 Å². The first-order valence-electron chi connectivity index (χ1n) is 8.56. The highest BCUT2D eigenvalue weighted by atomic mass is 32.2. The van der Waals surface area contributed by atoms with Gasteiger partial charge in [0.1, 0.15) is 0 Å². The molecular weight excluding hydrogens is 376 g/mol. The van der Waals surface area contributed by atoms with Crippen molar-refractivity contribution in [2.45, 2.75) is 30.2 Å². The summed E-state index contributed by atoms with van der Waals surface area (Å²) in [5.74, 6) is 0.787. The zero-order valence-corrected chi connectivity index (χ0v) is 16.5. The summed E-state index contributed by atoms with van der Waals surface area (Å²) in [7, 11) is 0. The summed E-state index contributed by atoms with van der Waals surface area (Å²) < 4.78 is 4.62. The lowest BCUT2D eigenvalue weighted by atomic mass is 10.2. The van der Waals surface area contributed by atoms with Crippen molar-refractivity contribution in [2.75, 3.05) is 0 Å². The van der Waals surface area contributed by atoms with Crippen LogP contribution in [0.5, 0.6) is 0 Å². The van der Waals surface area contributed by atoms with E-state index < -0.39 is 0 Å². The number of aromatic nitrogens is 6. The highest BCUT2D eigenvalue weighted by Crippen LogP contribution is 2.32. The summed E-state index contributed by atoms with van der Waals surface area (Å²) in [5.41, 5.74) is 2.00. The molecule has 0 amide bonds. The van der Waals surface area contributed by atoms with Crippen LogP contribution < -0.4 is 0 Å². The molecule has 27 heavy (non-hydrogen) atoms. The average molecular weight is 395 g/mol. The molecule has 0 saturated heterocycles. The van der Waals surface area contributed by atoms with Gasteiger partial charge in [0.15, 0.2) is 15.8 Å². The monoisotopic (exact) mass is 394 g/mol. The van der Waals surface area contributed by atoms with Crippen molar-refractivity contribution >= 4 is 24.0 Å². The molecule has 0 aliphatic heterocycles. The minimum atomic E-state index is 0.195. The largest absolute Gasteiger partial charge is 0.292 e. The van der Waals surface area contributed by atoms with Crippen LogP contribution in [0, 0.1) is 4.77 Å². The number of nitrogens with one attached hydrogen (secondary N) is 1. The van der Waals surface area contributed by atoms with Gasteiger partial charge >= 0.3 is 0 Å². The Morgan fingerprint density at radius 2 is 1.59 bits per heavy atom. The Morgan fingerprint density at radius 3 is 2.26 bits per heavy atom. The molecular formula is C19H18N6S2. The van der Waals surface area contributed by atoms with Gasteiger partial charge in [-0.25, -0.2) is 0 Å². The maximum absolute atomic E-state index is 5.36. The number of hydrogen-bond donors (Lipinski definition) is 1. The van der Waals surface area contributed by atoms with Crippen molar-refractivity contribution in [3.63, 3.8) is 0 Å². The fourth-order valence-electron chi connectivity index (χ4n) is 2.82. The Kier molecular flexibility index (Phi) is 4.91. The molecule has 136 valence electrons. The standard InChI is InChI=1S/C19H18N6S2/c1-13(2)24-17(26)21-23-18(24)27-19-22-20-16(14-9-5-3-6-10-14)25(19)15-11-7-4-8-12-15/h3-13H,1-2H3,(H,21,26). The molecule has 0 bridgehead atoms. The Labute approximate surface area is 166 Å². The smallest absolute Gasteiger partial charge is 0.203 e. The van der Waals surface area contributed by atoms with E-state index >= 15 is 0 Å². The zero-order valence-electron chi connectivity index (χ0n) is 14.9. The van der Waals surface area contributed by atoms with Crippen molar-refractivity contribution in [1.82, 2.24) is 29.5 Å². The van der Waals surface area contributed by atoms with Crippen LogP contribution in [0.25, 0.3) is 17.1 Å². The summed E-state index contributed by atoms with van der Waals surface area (Å²) >= 11 is 6.81. The summed E-state index contributed by atoms with van der Waals surface area (Å²) in [6.07, 6.45) is 0. The number of hydrogen-bond acceptors (Lipinski definition) is 5. The van der Waals surface area contributed by atoms with E-state index in [4.69, 9.17) is 12.2 Å². The van der Waals surface area contributed by atoms with E-state index in [1.54, 1.807) is 0 Å². The van der Waals surface area contributed by atoms with Crippen LogP contribution in [0.3, 0.4) is 0 Å². The van der Waals surface area contributed by atoms with Crippen LogP contribution in [0.2, 0.25) is 0 Å². The van der Waals surface area contributed by atoms with E-state index in [0.717, 1.165) is 27.4 Å². The third-order valence-corrected chi connectivity index (χ3v) is 5.26. The third kappa shape index (κ3) is 3.45. The van der Waals surface area contributed by atoms with Gasteiger partial charge in [0.2, 0.25) is 5.16 Å². The summed E-state index contributed by atoms with van der Waals surface area (Å²) in [6, 6.07) is 20.3. The molecule has 2 heterocycles. The van der Waals surface area contributed by atoms with Crippen LogP contribution in [0.15, 0.2) is 71.0 Å². The first-order chi connectivity index (χ1) is 13.1. The lowest BCUT2D eigenvalue weighted by molar-refractivity contribution is 0.543. The van der Waals surface area contributed by atoms with Crippen LogP contribution in [-0.4, -0.2) is 29.5 Å². The highest BCUT2D eigenvalue weighted by molar-refractivity contribution is 7.99. The molecule has 6 nitrogen and oxygen atoms in total. The summed E-state index contributed by atoms with van der Waals surface area (Å²) in [4.78, 5) is 0. The molecule has 4 aromatic rings. The molecule has 0 aliphatic carbocycles. The van der Waals surface area contributed by atoms with Crippen molar-refractivity contribution in [2.24, 2.45) is 0 Å². The zero-order chi connectivity index (χ0) is 18.8. The molecule has 0 unspecified atom stereocenters. The molecule has 2 aromatic carbocycles. The first kappa shape index (κ1) is 17.7. The Morgan fingerprint density at radius 1 is 0.926 bits per heavy atom. The van der Waals surface area contributed by atoms with Crippen LogP contribution in [0.4, 0.5) is 0 Å². The fraction of sp³-hybridized carbons (Fsp3) is 0.158. The van der Waals surface area contributed by atoms with Gasteiger partial charge in [-0.15, -0.1) is 15.3 Å². The highest BCUT2D eigenvalue weighted by Gasteiger charge is 2.19. The van der Waals surface area contributed by atoms with Crippen LogP contribution in [0.1, 0.15) is 19.9 Å². The molecule has 0 fully saturated rings. The second kappa shape index (κ2) is 7.50. The van der Waals surface area contributed by atoms with Gasteiger partial charge in [-0.05, 0) is 50.0 Å². The minimum absolute atomic E-state index is 0.195. The summed E-state index contributed by atoms with van der Waals surface area (Å²) in [5, 5.41) is 17.7. The van der Waals surface area contributed by atoms with E-state index in [2.05, 4.69) is 34.2 Å². The van der Waals surface area contributed by atoms with Gasteiger partial charge < -0.3 is 0 Å².